The van der Waals surface area contributed by atoms with Crippen LogP contribution in [0.3, 0.4) is 0 Å². The zero-order valence-corrected chi connectivity index (χ0v) is 13.3. The minimum atomic E-state index is -0.287. The monoisotopic (exact) mass is 318 g/mol. The third-order valence-corrected chi connectivity index (χ3v) is 4.39. The van der Waals surface area contributed by atoms with E-state index >= 15 is 0 Å². The lowest BCUT2D eigenvalue weighted by Gasteiger charge is -2.29. The number of urea groups is 1. The lowest BCUT2D eigenvalue weighted by molar-refractivity contribution is -0.125. The van der Waals surface area contributed by atoms with Crippen LogP contribution in [-0.4, -0.2) is 77.7 Å². The number of carbonyl (C=O) groups excluding carboxylic acids is 2. The molecule has 0 saturated carbocycles. The Morgan fingerprint density at radius 3 is 3.00 bits per heavy atom. The average Bonchev–Trinajstić information content (AvgIpc) is 3.13. The number of nitrogens with zero attached hydrogens (tertiary/aromatic N) is 5. The summed E-state index contributed by atoms with van der Waals surface area (Å²) in [7, 11) is 2.02. The molecule has 0 spiro atoms. The molecule has 1 aromatic heterocycles. The van der Waals surface area contributed by atoms with Gasteiger partial charge in [0.05, 0.1) is 6.54 Å². The average molecular weight is 318 g/mol. The summed E-state index contributed by atoms with van der Waals surface area (Å²) in [6.07, 6.45) is 3.94. The summed E-state index contributed by atoms with van der Waals surface area (Å²) in [5, 5.41) is 10.7. The van der Waals surface area contributed by atoms with Gasteiger partial charge in [-0.05, 0) is 32.0 Å². The third kappa shape index (κ3) is 3.58. The summed E-state index contributed by atoms with van der Waals surface area (Å²) in [5.74, 6) is 0.767. The van der Waals surface area contributed by atoms with Gasteiger partial charge in [0.25, 0.3) is 0 Å². The summed E-state index contributed by atoms with van der Waals surface area (Å²) in [6, 6.07) is 3.99. The number of hydrogen-bond acceptors (Lipinski definition) is 6. The van der Waals surface area contributed by atoms with Gasteiger partial charge in [-0.1, -0.05) is 0 Å². The molecular weight excluding hydrogens is 296 g/mol. The Hall–Kier alpha value is -2.22. The zero-order valence-electron chi connectivity index (χ0n) is 13.3. The molecular formula is C15H22N6O2. The highest BCUT2D eigenvalue weighted by molar-refractivity contribution is 6.01. The maximum absolute atomic E-state index is 11.6. The van der Waals surface area contributed by atoms with E-state index in [4.69, 9.17) is 0 Å². The number of imide groups is 1. The molecule has 1 atom stereocenters. The molecule has 0 radical (unpaired) electrons. The molecule has 23 heavy (non-hydrogen) atoms. The number of likely N-dealkylation sites (N-methyl/N-ethyl adjacent to an activating group) is 1. The first-order valence-electron chi connectivity index (χ1n) is 7.96. The van der Waals surface area contributed by atoms with E-state index < -0.39 is 0 Å². The number of aromatic nitrogens is 2. The number of rotatable bonds is 6. The van der Waals surface area contributed by atoms with Crippen LogP contribution in [0.15, 0.2) is 18.3 Å². The van der Waals surface area contributed by atoms with Gasteiger partial charge >= 0.3 is 6.03 Å². The first-order chi connectivity index (χ1) is 11.1. The van der Waals surface area contributed by atoms with Gasteiger partial charge in [0.1, 0.15) is 0 Å². The summed E-state index contributed by atoms with van der Waals surface area (Å²) < 4.78 is 0. The van der Waals surface area contributed by atoms with Crippen molar-refractivity contribution in [3.63, 3.8) is 0 Å². The summed E-state index contributed by atoms with van der Waals surface area (Å²) in [4.78, 5) is 28.8. The second-order valence-electron chi connectivity index (χ2n) is 6.04. The molecule has 3 amide bonds. The van der Waals surface area contributed by atoms with Crippen molar-refractivity contribution in [2.75, 3.05) is 44.7 Å². The van der Waals surface area contributed by atoms with Crippen molar-refractivity contribution >= 4 is 17.8 Å². The summed E-state index contributed by atoms with van der Waals surface area (Å²) in [5.41, 5.74) is 0. The molecule has 2 aliphatic heterocycles. The van der Waals surface area contributed by atoms with E-state index in [1.807, 2.05) is 19.2 Å². The first kappa shape index (κ1) is 15.7. The van der Waals surface area contributed by atoms with E-state index in [1.165, 1.54) is 4.90 Å². The second kappa shape index (κ2) is 6.91. The van der Waals surface area contributed by atoms with Crippen molar-refractivity contribution in [3.8, 4) is 0 Å². The van der Waals surface area contributed by atoms with Crippen LogP contribution >= 0.6 is 0 Å². The van der Waals surface area contributed by atoms with Gasteiger partial charge in [0.15, 0.2) is 5.82 Å². The van der Waals surface area contributed by atoms with E-state index in [0.29, 0.717) is 19.1 Å². The Kier molecular flexibility index (Phi) is 4.71. The Morgan fingerprint density at radius 2 is 2.30 bits per heavy atom. The fourth-order valence-electron chi connectivity index (χ4n) is 3.18. The van der Waals surface area contributed by atoms with Crippen molar-refractivity contribution in [1.29, 1.82) is 0 Å². The number of amides is 3. The smallest absolute Gasteiger partial charge is 0.324 e. The topological polar surface area (TPSA) is 81.7 Å². The van der Waals surface area contributed by atoms with Gasteiger partial charge in [-0.15, -0.1) is 5.10 Å². The van der Waals surface area contributed by atoms with Gasteiger partial charge in [-0.3, -0.25) is 9.69 Å². The number of nitrogens with one attached hydrogen (secondary N) is 1. The predicted molar refractivity (Wildman–Crippen MR) is 85.0 cm³/mol. The maximum atomic E-state index is 11.6. The van der Waals surface area contributed by atoms with Crippen molar-refractivity contribution in [3.05, 3.63) is 18.3 Å². The Balaban J connectivity index is 1.52. The van der Waals surface area contributed by atoms with E-state index in [1.54, 1.807) is 6.20 Å². The van der Waals surface area contributed by atoms with Crippen LogP contribution in [0.5, 0.6) is 0 Å². The Morgan fingerprint density at radius 1 is 1.43 bits per heavy atom. The molecule has 8 heteroatoms. The summed E-state index contributed by atoms with van der Waals surface area (Å²) >= 11 is 0. The van der Waals surface area contributed by atoms with Crippen LogP contribution in [0.2, 0.25) is 0 Å². The van der Waals surface area contributed by atoms with Crippen molar-refractivity contribution < 1.29 is 9.59 Å². The SMILES string of the molecule is CN(CCN1C(=O)CNC1=O)CC1CCCN1c1cccnn1. The molecule has 2 fully saturated rings. The third-order valence-electron chi connectivity index (χ3n) is 4.39. The molecule has 3 heterocycles. The highest BCUT2D eigenvalue weighted by atomic mass is 16.2. The standard InChI is InChI=1S/C15H22N6O2/c1-19(8-9-21-14(22)10-16-15(21)23)11-12-4-3-7-20(12)13-5-2-6-17-18-13/h2,5-6,12H,3-4,7-11H2,1H3,(H,16,23). The maximum Gasteiger partial charge on any atom is 0.324 e. The molecule has 0 aliphatic carbocycles. The predicted octanol–water partition coefficient (Wildman–Crippen LogP) is -0.0710. The van der Waals surface area contributed by atoms with Crippen molar-refractivity contribution in [1.82, 2.24) is 25.3 Å². The molecule has 8 nitrogen and oxygen atoms in total. The normalized spacial score (nSPS) is 21.4. The largest absolute Gasteiger partial charge is 0.351 e. The molecule has 3 rings (SSSR count). The number of anilines is 1. The van der Waals surface area contributed by atoms with Crippen molar-refractivity contribution in [2.24, 2.45) is 0 Å². The highest BCUT2D eigenvalue weighted by Gasteiger charge is 2.30. The van der Waals surface area contributed by atoms with Crippen LogP contribution in [0.25, 0.3) is 0 Å². The quantitative estimate of drug-likeness (QED) is 0.740. The Labute approximate surface area is 135 Å². The number of carbonyl (C=O) groups is 2. The van der Waals surface area contributed by atoms with E-state index in [0.717, 1.165) is 31.7 Å². The molecule has 2 aliphatic rings. The van der Waals surface area contributed by atoms with Gasteiger partial charge in [0.2, 0.25) is 5.91 Å². The lowest BCUT2D eigenvalue weighted by Crippen LogP contribution is -2.43. The molecule has 1 unspecified atom stereocenters. The molecule has 1 N–H and O–H groups in total. The molecule has 0 aromatic carbocycles. The zero-order chi connectivity index (χ0) is 16.2. The van der Waals surface area contributed by atoms with Crippen LogP contribution in [-0.2, 0) is 4.79 Å². The minimum Gasteiger partial charge on any atom is -0.351 e. The van der Waals surface area contributed by atoms with Crippen LogP contribution in [0.4, 0.5) is 10.6 Å². The van der Waals surface area contributed by atoms with Gasteiger partial charge in [-0.2, -0.15) is 5.10 Å². The van der Waals surface area contributed by atoms with E-state index in [9.17, 15) is 9.59 Å². The fraction of sp³-hybridized carbons (Fsp3) is 0.600. The van der Waals surface area contributed by atoms with Crippen LogP contribution in [0.1, 0.15) is 12.8 Å². The van der Waals surface area contributed by atoms with Crippen molar-refractivity contribution in [2.45, 2.75) is 18.9 Å². The van der Waals surface area contributed by atoms with E-state index in [-0.39, 0.29) is 18.5 Å². The molecule has 124 valence electrons. The number of hydrogen-bond donors (Lipinski definition) is 1. The van der Waals surface area contributed by atoms with Crippen LogP contribution < -0.4 is 10.2 Å². The first-order valence-corrected chi connectivity index (χ1v) is 7.96. The fourth-order valence-corrected chi connectivity index (χ4v) is 3.18. The van der Waals surface area contributed by atoms with Gasteiger partial charge in [-0.25, -0.2) is 4.79 Å². The Bertz CT molecular complexity index is 550. The second-order valence-corrected chi connectivity index (χ2v) is 6.04. The van der Waals surface area contributed by atoms with E-state index in [2.05, 4.69) is 25.3 Å². The van der Waals surface area contributed by atoms with Gasteiger partial charge < -0.3 is 15.1 Å². The summed E-state index contributed by atoms with van der Waals surface area (Å²) in [6.45, 7) is 3.08. The molecule has 1 aromatic rings. The van der Waals surface area contributed by atoms with Gasteiger partial charge in [0, 0.05) is 38.4 Å². The minimum absolute atomic E-state index is 0.117. The molecule has 2 saturated heterocycles. The van der Waals surface area contributed by atoms with Crippen LogP contribution in [0, 0.1) is 0 Å². The molecule has 0 bridgehead atoms. The lowest BCUT2D eigenvalue weighted by atomic mass is 10.2. The highest BCUT2D eigenvalue weighted by Crippen LogP contribution is 2.23.